The lowest BCUT2D eigenvalue weighted by atomic mass is 10.2. The van der Waals surface area contributed by atoms with Gasteiger partial charge >= 0.3 is 0 Å². The van der Waals surface area contributed by atoms with Crippen molar-refractivity contribution in [3.63, 3.8) is 0 Å². The zero-order valence-electron chi connectivity index (χ0n) is 10.5. The normalized spacial score (nSPS) is 12.2. The van der Waals surface area contributed by atoms with Crippen molar-refractivity contribution in [3.8, 4) is 5.69 Å². The number of rotatable bonds is 4. The standard InChI is InChI=1S/C13H15ClN4O/c1-2-10(15)13(19)17-11-6-3-5-9(14)12(11)18-8-4-7-16-18/h3-8,10H,2,15H2,1H3,(H,17,19)/t10-/m0/s1. The number of hydrogen-bond acceptors (Lipinski definition) is 3. The summed E-state index contributed by atoms with van der Waals surface area (Å²) in [5.74, 6) is -0.238. The van der Waals surface area contributed by atoms with Crippen LogP contribution in [0.25, 0.3) is 5.69 Å². The van der Waals surface area contributed by atoms with Gasteiger partial charge in [-0.3, -0.25) is 4.79 Å². The quantitative estimate of drug-likeness (QED) is 0.900. The molecular weight excluding hydrogens is 264 g/mol. The summed E-state index contributed by atoms with van der Waals surface area (Å²) in [6.07, 6.45) is 3.98. The highest BCUT2D eigenvalue weighted by molar-refractivity contribution is 6.33. The van der Waals surface area contributed by atoms with Gasteiger partial charge in [0.05, 0.1) is 16.8 Å². The lowest BCUT2D eigenvalue weighted by Crippen LogP contribution is -2.35. The molecular formula is C13H15ClN4O. The number of nitrogens with zero attached hydrogens (tertiary/aromatic N) is 2. The summed E-state index contributed by atoms with van der Waals surface area (Å²) < 4.78 is 1.61. The lowest BCUT2D eigenvalue weighted by molar-refractivity contribution is -0.117. The second-order valence-electron chi connectivity index (χ2n) is 4.09. The Morgan fingerprint density at radius 2 is 2.32 bits per heavy atom. The fourth-order valence-electron chi connectivity index (χ4n) is 1.66. The molecule has 0 aliphatic rings. The molecule has 5 nitrogen and oxygen atoms in total. The van der Waals surface area contributed by atoms with Crippen LogP contribution in [0.1, 0.15) is 13.3 Å². The Morgan fingerprint density at radius 3 is 2.95 bits per heavy atom. The molecule has 0 radical (unpaired) electrons. The SMILES string of the molecule is CC[C@H](N)C(=O)Nc1cccc(Cl)c1-n1cccn1. The van der Waals surface area contributed by atoms with Gasteiger partial charge in [-0.25, -0.2) is 4.68 Å². The average molecular weight is 279 g/mol. The van der Waals surface area contributed by atoms with E-state index in [4.69, 9.17) is 17.3 Å². The van der Waals surface area contributed by atoms with Crippen LogP contribution in [0.15, 0.2) is 36.7 Å². The summed E-state index contributed by atoms with van der Waals surface area (Å²) in [5.41, 5.74) is 6.92. The number of anilines is 1. The number of benzene rings is 1. The van der Waals surface area contributed by atoms with Gasteiger partial charge in [-0.15, -0.1) is 0 Å². The molecule has 0 saturated heterocycles. The van der Waals surface area contributed by atoms with E-state index in [1.165, 1.54) is 0 Å². The predicted octanol–water partition coefficient (Wildman–Crippen LogP) is 2.20. The number of para-hydroxylation sites is 1. The Bertz CT molecular complexity index is 568. The van der Waals surface area contributed by atoms with Gasteiger partial charge in [-0.1, -0.05) is 24.6 Å². The Hall–Kier alpha value is -1.85. The lowest BCUT2D eigenvalue weighted by Gasteiger charge is -2.14. The van der Waals surface area contributed by atoms with Crippen LogP contribution in [0.4, 0.5) is 5.69 Å². The van der Waals surface area contributed by atoms with Crippen LogP contribution < -0.4 is 11.1 Å². The van der Waals surface area contributed by atoms with E-state index in [2.05, 4.69) is 10.4 Å². The summed E-state index contributed by atoms with van der Waals surface area (Å²) in [6, 6.07) is 6.52. The van der Waals surface area contributed by atoms with E-state index in [-0.39, 0.29) is 5.91 Å². The summed E-state index contributed by atoms with van der Waals surface area (Å²) in [4.78, 5) is 11.9. The largest absolute Gasteiger partial charge is 0.323 e. The van der Waals surface area contributed by atoms with Gasteiger partial charge in [0.1, 0.15) is 5.69 Å². The monoisotopic (exact) mass is 278 g/mol. The number of halogens is 1. The van der Waals surface area contributed by atoms with Crippen molar-refractivity contribution in [2.24, 2.45) is 5.73 Å². The maximum Gasteiger partial charge on any atom is 0.241 e. The van der Waals surface area contributed by atoms with Gasteiger partial charge in [0.25, 0.3) is 0 Å². The van der Waals surface area contributed by atoms with Crippen LogP contribution in [0.5, 0.6) is 0 Å². The van der Waals surface area contributed by atoms with Gasteiger partial charge in [0.2, 0.25) is 5.91 Å². The summed E-state index contributed by atoms with van der Waals surface area (Å²) in [5, 5.41) is 7.42. The maximum absolute atomic E-state index is 11.9. The third kappa shape index (κ3) is 2.94. The molecule has 3 N–H and O–H groups in total. The van der Waals surface area contributed by atoms with Crippen LogP contribution in [-0.2, 0) is 4.79 Å². The minimum absolute atomic E-state index is 0.238. The topological polar surface area (TPSA) is 72.9 Å². The highest BCUT2D eigenvalue weighted by atomic mass is 35.5. The van der Waals surface area contributed by atoms with Gasteiger partial charge in [-0.2, -0.15) is 5.10 Å². The van der Waals surface area contributed by atoms with E-state index in [9.17, 15) is 4.79 Å². The number of aromatic nitrogens is 2. The molecule has 0 saturated carbocycles. The minimum atomic E-state index is -0.538. The number of carbonyl (C=O) groups is 1. The van der Waals surface area contributed by atoms with Crippen molar-refractivity contribution in [2.75, 3.05) is 5.32 Å². The van der Waals surface area contributed by atoms with Gasteiger partial charge in [0.15, 0.2) is 0 Å². The fraction of sp³-hybridized carbons (Fsp3) is 0.231. The molecule has 0 spiro atoms. The molecule has 0 aliphatic carbocycles. The molecule has 1 heterocycles. The molecule has 0 fully saturated rings. The van der Waals surface area contributed by atoms with E-state index in [0.29, 0.717) is 22.8 Å². The number of nitrogens with one attached hydrogen (secondary N) is 1. The molecule has 0 bridgehead atoms. The maximum atomic E-state index is 11.9. The molecule has 1 aromatic heterocycles. The third-order valence-electron chi connectivity index (χ3n) is 2.75. The zero-order valence-corrected chi connectivity index (χ0v) is 11.3. The van der Waals surface area contributed by atoms with Crippen molar-refractivity contribution in [2.45, 2.75) is 19.4 Å². The molecule has 1 aromatic carbocycles. The zero-order chi connectivity index (χ0) is 13.8. The van der Waals surface area contributed by atoms with Crippen LogP contribution in [0, 0.1) is 0 Å². The van der Waals surface area contributed by atoms with Crippen LogP contribution in [-0.4, -0.2) is 21.7 Å². The molecule has 6 heteroatoms. The van der Waals surface area contributed by atoms with E-state index in [0.717, 1.165) is 0 Å². The first kappa shape index (κ1) is 13.6. The number of carbonyl (C=O) groups excluding carboxylic acids is 1. The van der Waals surface area contributed by atoms with Crippen LogP contribution in [0.2, 0.25) is 5.02 Å². The molecule has 2 rings (SSSR count). The first-order chi connectivity index (χ1) is 9.13. The van der Waals surface area contributed by atoms with Gasteiger partial charge < -0.3 is 11.1 Å². The van der Waals surface area contributed by atoms with E-state index in [1.54, 1.807) is 41.3 Å². The summed E-state index contributed by atoms with van der Waals surface area (Å²) >= 11 is 6.17. The number of nitrogens with two attached hydrogens (primary N) is 1. The number of hydrogen-bond donors (Lipinski definition) is 2. The average Bonchev–Trinajstić information content (AvgIpc) is 2.91. The van der Waals surface area contributed by atoms with Crippen LogP contribution in [0.3, 0.4) is 0 Å². The van der Waals surface area contributed by atoms with Crippen molar-refractivity contribution in [3.05, 3.63) is 41.7 Å². The van der Waals surface area contributed by atoms with Gasteiger partial charge in [-0.05, 0) is 24.6 Å². The smallest absolute Gasteiger partial charge is 0.241 e. The first-order valence-corrected chi connectivity index (χ1v) is 6.36. The predicted molar refractivity (Wildman–Crippen MR) is 75.5 cm³/mol. The first-order valence-electron chi connectivity index (χ1n) is 5.98. The van der Waals surface area contributed by atoms with Crippen molar-refractivity contribution < 1.29 is 4.79 Å². The van der Waals surface area contributed by atoms with E-state index < -0.39 is 6.04 Å². The van der Waals surface area contributed by atoms with Crippen LogP contribution >= 0.6 is 11.6 Å². The third-order valence-corrected chi connectivity index (χ3v) is 3.06. The second kappa shape index (κ2) is 5.86. The molecule has 0 unspecified atom stereocenters. The fourth-order valence-corrected chi connectivity index (χ4v) is 1.92. The number of amides is 1. The Labute approximate surface area is 116 Å². The highest BCUT2D eigenvalue weighted by Gasteiger charge is 2.15. The Balaban J connectivity index is 2.36. The molecule has 19 heavy (non-hydrogen) atoms. The molecule has 1 atom stereocenters. The summed E-state index contributed by atoms with van der Waals surface area (Å²) in [6.45, 7) is 1.86. The van der Waals surface area contributed by atoms with Gasteiger partial charge in [0, 0.05) is 12.4 Å². The highest BCUT2D eigenvalue weighted by Crippen LogP contribution is 2.28. The molecule has 1 amide bonds. The van der Waals surface area contributed by atoms with Crippen molar-refractivity contribution in [1.82, 2.24) is 9.78 Å². The van der Waals surface area contributed by atoms with Crippen molar-refractivity contribution >= 4 is 23.2 Å². The molecule has 2 aromatic rings. The Morgan fingerprint density at radius 1 is 1.53 bits per heavy atom. The molecule has 100 valence electrons. The van der Waals surface area contributed by atoms with E-state index in [1.807, 2.05) is 6.92 Å². The Kier molecular flexibility index (Phi) is 4.19. The summed E-state index contributed by atoms with van der Waals surface area (Å²) in [7, 11) is 0. The van der Waals surface area contributed by atoms with E-state index >= 15 is 0 Å². The minimum Gasteiger partial charge on any atom is -0.323 e. The molecule has 0 aliphatic heterocycles. The second-order valence-corrected chi connectivity index (χ2v) is 4.50. The van der Waals surface area contributed by atoms with Crippen molar-refractivity contribution in [1.29, 1.82) is 0 Å².